The van der Waals surface area contributed by atoms with E-state index in [0.717, 1.165) is 41.4 Å². The molecule has 148 valence electrons. The molecule has 1 fully saturated rings. The Hall–Kier alpha value is -3.08. The number of H-pyrrole nitrogens is 1. The van der Waals surface area contributed by atoms with Crippen molar-refractivity contribution in [2.45, 2.75) is 50.8 Å². The molecule has 3 heterocycles. The molecule has 1 aromatic carbocycles. The van der Waals surface area contributed by atoms with Crippen LogP contribution in [-0.4, -0.2) is 32.6 Å². The Kier molecular flexibility index (Phi) is 4.19. The van der Waals surface area contributed by atoms with Crippen LogP contribution >= 0.6 is 0 Å². The number of nitrogens with zero attached hydrogens (tertiary/aromatic N) is 2. The van der Waals surface area contributed by atoms with E-state index in [2.05, 4.69) is 34.2 Å². The van der Waals surface area contributed by atoms with Crippen molar-refractivity contribution in [1.29, 1.82) is 0 Å². The lowest BCUT2D eigenvalue weighted by Crippen LogP contribution is -2.41. The Labute approximate surface area is 170 Å². The minimum Gasteiger partial charge on any atom is -0.441 e. The van der Waals surface area contributed by atoms with Gasteiger partial charge in [0.15, 0.2) is 0 Å². The van der Waals surface area contributed by atoms with Crippen LogP contribution in [0.4, 0.5) is 4.79 Å². The first-order valence-corrected chi connectivity index (χ1v) is 10.2. The number of allylic oxidation sites excluding steroid dienone is 1. The van der Waals surface area contributed by atoms with Gasteiger partial charge in [-0.2, -0.15) is 0 Å². The molecular formula is C24H25N3O2. The number of nitrogens with one attached hydrogen (secondary N) is 1. The number of aromatic nitrogens is 2. The summed E-state index contributed by atoms with van der Waals surface area (Å²) in [6.07, 6.45) is 8.58. The molecule has 1 aliphatic carbocycles. The van der Waals surface area contributed by atoms with Crippen LogP contribution in [0.2, 0.25) is 0 Å². The monoisotopic (exact) mass is 387 g/mol. The van der Waals surface area contributed by atoms with Crippen molar-refractivity contribution in [3.05, 3.63) is 72.1 Å². The first kappa shape index (κ1) is 18.0. The predicted molar refractivity (Wildman–Crippen MR) is 113 cm³/mol. The zero-order valence-electron chi connectivity index (χ0n) is 16.8. The fourth-order valence-corrected chi connectivity index (χ4v) is 4.78. The molecule has 1 aliphatic heterocycles. The van der Waals surface area contributed by atoms with E-state index in [1.165, 1.54) is 5.57 Å². The van der Waals surface area contributed by atoms with Crippen LogP contribution in [0.3, 0.4) is 0 Å². The molecule has 5 nitrogen and oxygen atoms in total. The molecular weight excluding hydrogens is 362 g/mol. The second-order valence-electron chi connectivity index (χ2n) is 8.48. The van der Waals surface area contributed by atoms with Gasteiger partial charge < -0.3 is 9.72 Å². The van der Waals surface area contributed by atoms with E-state index in [9.17, 15) is 4.79 Å². The molecule has 3 aromatic rings. The Morgan fingerprint density at radius 2 is 2.03 bits per heavy atom. The highest BCUT2D eigenvalue weighted by atomic mass is 16.6. The zero-order valence-corrected chi connectivity index (χ0v) is 16.8. The van der Waals surface area contributed by atoms with Crippen molar-refractivity contribution >= 4 is 22.7 Å². The number of rotatable bonds is 3. The first-order chi connectivity index (χ1) is 14.0. The van der Waals surface area contributed by atoms with Gasteiger partial charge in [-0.05, 0) is 61.9 Å². The van der Waals surface area contributed by atoms with Gasteiger partial charge in [0.25, 0.3) is 0 Å². The summed E-state index contributed by atoms with van der Waals surface area (Å²) in [6.45, 7) is 4.01. The summed E-state index contributed by atoms with van der Waals surface area (Å²) in [4.78, 5) is 22.5. The lowest BCUT2D eigenvalue weighted by molar-refractivity contribution is 0.0668. The number of carbonyl (C=O) groups is 1. The molecule has 5 rings (SSSR count). The molecule has 0 radical (unpaired) electrons. The van der Waals surface area contributed by atoms with Crippen LogP contribution in [-0.2, 0) is 4.74 Å². The smallest absolute Gasteiger partial charge is 0.411 e. The minimum atomic E-state index is -0.551. The van der Waals surface area contributed by atoms with Crippen molar-refractivity contribution in [3.63, 3.8) is 0 Å². The molecule has 1 saturated heterocycles. The van der Waals surface area contributed by atoms with Crippen LogP contribution in [0.25, 0.3) is 16.6 Å². The number of ether oxygens (including phenoxy) is 1. The standard InChI is InChI=1S/C24H25N3O2/c1-24(2)22(17-6-4-3-5-7-17)27(23(28)29-24)19-10-8-16(9-11-19)18-14-21-20(26-15-18)12-13-25-21/h3-8,12-15,19,22,25H,9-11H2,1-2H3/t19-,22-/m0/s1. The fourth-order valence-electron chi connectivity index (χ4n) is 4.78. The maximum absolute atomic E-state index is 12.8. The lowest BCUT2D eigenvalue weighted by atomic mass is 9.86. The first-order valence-electron chi connectivity index (χ1n) is 10.2. The Bertz CT molecular complexity index is 1080. The highest BCUT2D eigenvalue weighted by Gasteiger charge is 2.50. The van der Waals surface area contributed by atoms with E-state index in [1.807, 2.05) is 55.4 Å². The number of amides is 1. The molecule has 0 bridgehead atoms. The van der Waals surface area contributed by atoms with E-state index >= 15 is 0 Å². The van der Waals surface area contributed by atoms with Gasteiger partial charge in [-0.25, -0.2) is 4.79 Å². The van der Waals surface area contributed by atoms with Crippen molar-refractivity contribution in [2.75, 3.05) is 0 Å². The van der Waals surface area contributed by atoms with Gasteiger partial charge in [-0.15, -0.1) is 0 Å². The van der Waals surface area contributed by atoms with Crippen LogP contribution in [0.1, 0.15) is 50.3 Å². The summed E-state index contributed by atoms with van der Waals surface area (Å²) < 4.78 is 5.78. The summed E-state index contributed by atoms with van der Waals surface area (Å²) in [6, 6.07) is 14.4. The molecule has 0 saturated carbocycles. The summed E-state index contributed by atoms with van der Waals surface area (Å²) >= 11 is 0. The highest BCUT2D eigenvalue weighted by molar-refractivity contribution is 5.80. The van der Waals surface area contributed by atoms with Crippen molar-refractivity contribution in [1.82, 2.24) is 14.9 Å². The third kappa shape index (κ3) is 3.11. The van der Waals surface area contributed by atoms with Gasteiger partial charge in [0.1, 0.15) is 5.60 Å². The number of cyclic esters (lactones) is 1. The number of carbonyl (C=O) groups excluding carboxylic acids is 1. The highest BCUT2D eigenvalue weighted by Crippen LogP contribution is 2.44. The maximum Gasteiger partial charge on any atom is 0.411 e. The molecule has 29 heavy (non-hydrogen) atoms. The minimum absolute atomic E-state index is 0.0758. The fraction of sp³-hybridized carbons (Fsp3) is 0.333. The maximum atomic E-state index is 12.8. The van der Waals surface area contributed by atoms with Crippen LogP contribution in [0, 0.1) is 0 Å². The number of hydrogen-bond donors (Lipinski definition) is 1. The third-order valence-corrected chi connectivity index (χ3v) is 6.16. The van der Waals surface area contributed by atoms with E-state index in [-0.39, 0.29) is 18.2 Å². The number of benzene rings is 1. The van der Waals surface area contributed by atoms with Gasteiger partial charge >= 0.3 is 6.09 Å². The second-order valence-corrected chi connectivity index (χ2v) is 8.48. The van der Waals surface area contributed by atoms with Gasteiger partial charge in [0.05, 0.1) is 17.1 Å². The van der Waals surface area contributed by atoms with Crippen LogP contribution in [0.5, 0.6) is 0 Å². The molecule has 2 atom stereocenters. The number of pyridine rings is 1. The Balaban J connectivity index is 1.42. The van der Waals surface area contributed by atoms with Gasteiger partial charge in [-0.3, -0.25) is 9.88 Å². The number of hydrogen-bond acceptors (Lipinski definition) is 3. The molecule has 0 spiro atoms. The van der Waals surface area contributed by atoms with E-state index < -0.39 is 5.60 Å². The van der Waals surface area contributed by atoms with E-state index in [4.69, 9.17) is 4.74 Å². The van der Waals surface area contributed by atoms with E-state index in [0.29, 0.717) is 0 Å². The Morgan fingerprint density at radius 3 is 2.79 bits per heavy atom. The summed E-state index contributed by atoms with van der Waals surface area (Å²) in [7, 11) is 0. The lowest BCUT2D eigenvalue weighted by Gasteiger charge is -2.36. The predicted octanol–water partition coefficient (Wildman–Crippen LogP) is 5.47. The largest absolute Gasteiger partial charge is 0.441 e. The average molecular weight is 387 g/mol. The molecule has 5 heteroatoms. The summed E-state index contributed by atoms with van der Waals surface area (Å²) in [5, 5.41) is 0. The van der Waals surface area contributed by atoms with Gasteiger partial charge in [0.2, 0.25) is 0 Å². The third-order valence-electron chi connectivity index (χ3n) is 6.16. The second kappa shape index (κ2) is 6.76. The quantitative estimate of drug-likeness (QED) is 0.648. The summed E-state index contributed by atoms with van der Waals surface area (Å²) in [5.74, 6) is 0. The van der Waals surface area contributed by atoms with Gasteiger partial charge in [0, 0.05) is 18.4 Å². The number of aromatic amines is 1. The number of fused-ring (bicyclic) bond motifs is 1. The average Bonchev–Trinajstić information content (AvgIpc) is 3.29. The molecule has 2 aromatic heterocycles. The van der Waals surface area contributed by atoms with Crippen molar-refractivity contribution in [2.24, 2.45) is 0 Å². The van der Waals surface area contributed by atoms with Crippen LogP contribution < -0.4 is 0 Å². The zero-order chi connectivity index (χ0) is 20.0. The van der Waals surface area contributed by atoms with Crippen molar-refractivity contribution in [3.8, 4) is 0 Å². The van der Waals surface area contributed by atoms with Crippen LogP contribution in [0.15, 0.2) is 60.9 Å². The molecule has 0 unspecified atom stereocenters. The topological polar surface area (TPSA) is 58.2 Å². The SMILES string of the molecule is CC1(C)OC(=O)N([C@H]2CC=C(c3cnc4cc[nH]c4c3)CC2)[C@H]1c1ccccc1. The molecule has 1 N–H and O–H groups in total. The normalized spacial score (nSPS) is 23.9. The van der Waals surface area contributed by atoms with Gasteiger partial charge in [-0.1, -0.05) is 36.4 Å². The Morgan fingerprint density at radius 1 is 1.21 bits per heavy atom. The van der Waals surface area contributed by atoms with E-state index in [1.54, 1.807) is 0 Å². The molecule has 1 amide bonds. The van der Waals surface area contributed by atoms with Crippen molar-refractivity contribution < 1.29 is 9.53 Å². The molecule has 2 aliphatic rings. The summed E-state index contributed by atoms with van der Waals surface area (Å²) in [5.41, 5.74) is 5.07.